The monoisotopic (exact) mass is 365 g/mol. The van der Waals surface area contributed by atoms with E-state index in [0.717, 1.165) is 31.6 Å². The maximum Gasteiger partial charge on any atom is 0.127 e. The normalized spacial score (nSPS) is 14.6. The number of benzene rings is 2. The Morgan fingerprint density at radius 3 is 2.33 bits per heavy atom. The van der Waals surface area contributed by atoms with E-state index in [4.69, 9.17) is 4.74 Å². The molecule has 1 heterocycles. The highest BCUT2D eigenvalue weighted by atomic mass is 16.5. The third kappa shape index (κ3) is 5.35. The highest BCUT2D eigenvalue weighted by Gasteiger charge is 2.14. The second-order valence-corrected chi connectivity index (χ2v) is 7.61. The molecule has 146 valence electrons. The molecule has 0 aliphatic carbocycles. The zero-order valence-corrected chi connectivity index (χ0v) is 17.2. The Kier molecular flexibility index (Phi) is 7.77. The molecule has 0 radical (unpaired) electrons. The Labute approximate surface area is 165 Å². The molecule has 0 N–H and O–H groups in total. The molecule has 2 heteroatoms. The fourth-order valence-electron chi connectivity index (χ4n) is 4.17. The van der Waals surface area contributed by atoms with Crippen molar-refractivity contribution in [2.45, 2.75) is 58.8 Å². The molecule has 2 aromatic rings. The predicted molar refractivity (Wildman–Crippen MR) is 116 cm³/mol. The summed E-state index contributed by atoms with van der Waals surface area (Å²) in [5, 5.41) is 0. The van der Waals surface area contributed by atoms with Gasteiger partial charge < -0.3 is 9.64 Å². The Morgan fingerprint density at radius 2 is 1.56 bits per heavy atom. The third-order valence-electron chi connectivity index (χ3n) is 5.74. The van der Waals surface area contributed by atoms with Crippen molar-refractivity contribution in [3.63, 3.8) is 0 Å². The van der Waals surface area contributed by atoms with Crippen LogP contribution >= 0.6 is 0 Å². The first-order chi connectivity index (χ1) is 13.3. The van der Waals surface area contributed by atoms with Gasteiger partial charge in [0.05, 0.1) is 6.61 Å². The summed E-state index contributed by atoms with van der Waals surface area (Å²) in [6.45, 7) is 9.15. The predicted octanol–water partition coefficient (Wildman–Crippen LogP) is 6.12. The summed E-state index contributed by atoms with van der Waals surface area (Å²) in [4.78, 5) is 2.60. The molecular formula is C25H35NO. The fourth-order valence-corrected chi connectivity index (χ4v) is 4.17. The maximum absolute atomic E-state index is 6.29. The molecular weight excluding hydrogens is 330 g/mol. The van der Waals surface area contributed by atoms with Crippen LogP contribution in [-0.2, 0) is 12.8 Å². The number of nitrogens with zero attached hydrogens (tertiary/aromatic N) is 1. The van der Waals surface area contributed by atoms with Crippen molar-refractivity contribution in [1.82, 2.24) is 4.90 Å². The van der Waals surface area contributed by atoms with Crippen molar-refractivity contribution in [2.75, 3.05) is 26.2 Å². The molecule has 0 aromatic heterocycles. The lowest BCUT2D eigenvalue weighted by atomic mass is 9.92. The van der Waals surface area contributed by atoms with Gasteiger partial charge in [-0.2, -0.15) is 0 Å². The van der Waals surface area contributed by atoms with Gasteiger partial charge in [-0.3, -0.25) is 0 Å². The zero-order chi connectivity index (χ0) is 18.9. The van der Waals surface area contributed by atoms with Gasteiger partial charge in [0.15, 0.2) is 0 Å². The van der Waals surface area contributed by atoms with Gasteiger partial charge in [-0.15, -0.1) is 0 Å². The van der Waals surface area contributed by atoms with E-state index in [2.05, 4.69) is 61.2 Å². The molecule has 0 atom stereocenters. The van der Waals surface area contributed by atoms with E-state index in [0.29, 0.717) is 0 Å². The van der Waals surface area contributed by atoms with Crippen LogP contribution in [0.4, 0.5) is 0 Å². The molecule has 1 aliphatic rings. The Balaban J connectivity index is 1.61. The van der Waals surface area contributed by atoms with Crippen LogP contribution in [0.25, 0.3) is 11.1 Å². The number of aryl methyl sites for hydroxylation is 2. The minimum atomic E-state index is 0.814. The average Bonchev–Trinajstić information content (AvgIpc) is 3.23. The Hall–Kier alpha value is -1.80. The largest absolute Gasteiger partial charge is 0.493 e. The number of hydrogen-bond donors (Lipinski definition) is 0. The molecule has 0 spiro atoms. The number of hydrogen-bond acceptors (Lipinski definition) is 2. The smallest absolute Gasteiger partial charge is 0.127 e. The molecule has 0 unspecified atom stereocenters. The second-order valence-electron chi connectivity index (χ2n) is 7.61. The molecule has 1 fully saturated rings. The van der Waals surface area contributed by atoms with Crippen molar-refractivity contribution in [2.24, 2.45) is 0 Å². The summed E-state index contributed by atoms with van der Waals surface area (Å²) in [5.41, 5.74) is 5.41. The van der Waals surface area contributed by atoms with Crippen LogP contribution in [0.3, 0.4) is 0 Å². The second kappa shape index (κ2) is 10.5. The van der Waals surface area contributed by atoms with Crippen molar-refractivity contribution in [1.29, 1.82) is 0 Å². The van der Waals surface area contributed by atoms with Crippen LogP contribution in [0.5, 0.6) is 5.75 Å². The molecule has 1 saturated heterocycles. The van der Waals surface area contributed by atoms with Crippen molar-refractivity contribution >= 4 is 0 Å². The van der Waals surface area contributed by atoms with Crippen LogP contribution in [0.15, 0.2) is 42.5 Å². The molecule has 2 nitrogen and oxygen atoms in total. The first-order valence-corrected chi connectivity index (χ1v) is 10.9. The SMILES string of the molecule is CCc1ccccc1-c1c(CC)cccc1OCCCCCN1CCCC1. The first kappa shape index (κ1) is 19.9. The zero-order valence-electron chi connectivity index (χ0n) is 17.2. The summed E-state index contributed by atoms with van der Waals surface area (Å²) < 4.78 is 6.29. The van der Waals surface area contributed by atoms with Gasteiger partial charge in [0.1, 0.15) is 5.75 Å². The van der Waals surface area contributed by atoms with Gasteiger partial charge in [-0.25, -0.2) is 0 Å². The molecule has 1 aliphatic heterocycles. The van der Waals surface area contributed by atoms with E-state index in [-0.39, 0.29) is 0 Å². The minimum Gasteiger partial charge on any atom is -0.493 e. The van der Waals surface area contributed by atoms with E-state index in [1.54, 1.807) is 0 Å². The third-order valence-corrected chi connectivity index (χ3v) is 5.74. The molecule has 3 rings (SSSR count). The van der Waals surface area contributed by atoms with Gasteiger partial charge in [-0.1, -0.05) is 50.2 Å². The van der Waals surface area contributed by atoms with Crippen molar-refractivity contribution in [3.8, 4) is 16.9 Å². The van der Waals surface area contributed by atoms with Gasteiger partial charge in [0, 0.05) is 5.56 Å². The van der Waals surface area contributed by atoms with Crippen molar-refractivity contribution < 1.29 is 4.74 Å². The summed E-state index contributed by atoms with van der Waals surface area (Å²) >= 11 is 0. The van der Waals surface area contributed by atoms with Crippen molar-refractivity contribution in [3.05, 3.63) is 53.6 Å². The molecule has 0 bridgehead atoms. The fraction of sp³-hybridized carbons (Fsp3) is 0.520. The number of unbranched alkanes of at least 4 members (excludes halogenated alkanes) is 2. The highest BCUT2D eigenvalue weighted by molar-refractivity contribution is 5.76. The highest BCUT2D eigenvalue weighted by Crippen LogP contribution is 2.36. The topological polar surface area (TPSA) is 12.5 Å². The van der Waals surface area contributed by atoms with Crippen LogP contribution in [0.1, 0.15) is 57.1 Å². The van der Waals surface area contributed by atoms with Crippen LogP contribution < -0.4 is 4.74 Å². The number of rotatable bonds is 10. The van der Waals surface area contributed by atoms with E-state index in [9.17, 15) is 0 Å². The average molecular weight is 366 g/mol. The van der Waals surface area contributed by atoms with Crippen LogP contribution in [-0.4, -0.2) is 31.1 Å². The molecule has 2 aromatic carbocycles. The van der Waals surface area contributed by atoms with E-state index >= 15 is 0 Å². The number of likely N-dealkylation sites (tertiary alicyclic amines) is 1. The standard InChI is InChI=1S/C25H35NO/c1-3-21-13-6-7-15-23(21)25-22(4-2)14-12-16-24(25)27-20-11-5-8-17-26-18-9-10-19-26/h6-7,12-16H,3-5,8-11,17-20H2,1-2H3. The number of ether oxygens (including phenoxy) is 1. The summed E-state index contributed by atoms with van der Waals surface area (Å²) in [6.07, 6.45) is 8.54. The van der Waals surface area contributed by atoms with E-state index < -0.39 is 0 Å². The van der Waals surface area contributed by atoms with E-state index in [1.807, 2.05) is 0 Å². The molecule has 0 amide bonds. The van der Waals surface area contributed by atoms with Crippen LogP contribution in [0.2, 0.25) is 0 Å². The maximum atomic E-state index is 6.29. The van der Waals surface area contributed by atoms with E-state index in [1.165, 1.54) is 67.6 Å². The minimum absolute atomic E-state index is 0.814. The molecule has 0 saturated carbocycles. The summed E-state index contributed by atoms with van der Waals surface area (Å²) in [6, 6.07) is 15.3. The lowest BCUT2D eigenvalue weighted by molar-refractivity contribution is 0.291. The molecule has 27 heavy (non-hydrogen) atoms. The van der Waals surface area contributed by atoms with Gasteiger partial charge in [0.2, 0.25) is 0 Å². The quantitative estimate of drug-likeness (QED) is 0.470. The van der Waals surface area contributed by atoms with Gasteiger partial charge in [-0.05, 0) is 87.3 Å². The Bertz CT molecular complexity index is 703. The Morgan fingerprint density at radius 1 is 0.815 bits per heavy atom. The lowest BCUT2D eigenvalue weighted by Gasteiger charge is -2.18. The summed E-state index contributed by atoms with van der Waals surface area (Å²) in [5.74, 6) is 1.05. The lowest BCUT2D eigenvalue weighted by Crippen LogP contribution is -2.20. The van der Waals surface area contributed by atoms with Gasteiger partial charge >= 0.3 is 0 Å². The van der Waals surface area contributed by atoms with Crippen LogP contribution in [0, 0.1) is 0 Å². The van der Waals surface area contributed by atoms with Gasteiger partial charge in [0.25, 0.3) is 0 Å². The summed E-state index contributed by atoms with van der Waals surface area (Å²) in [7, 11) is 0. The first-order valence-electron chi connectivity index (χ1n) is 10.9.